The van der Waals surface area contributed by atoms with Gasteiger partial charge in [-0.05, 0) is 89.9 Å². The molecular weight excluding hydrogens is 541 g/mol. The molecule has 1 atom stereocenters. The number of carbonyl (C=O) groups is 1. The van der Waals surface area contributed by atoms with E-state index in [1.54, 1.807) is 6.08 Å². The van der Waals surface area contributed by atoms with Crippen molar-refractivity contribution in [3.05, 3.63) is 87.1 Å². The number of aliphatic imine (C=N–C) groups is 1. The van der Waals surface area contributed by atoms with E-state index in [0.29, 0.717) is 18.3 Å². The van der Waals surface area contributed by atoms with Crippen LogP contribution in [0.3, 0.4) is 0 Å². The molecule has 0 radical (unpaired) electrons. The largest absolute Gasteiger partial charge is 0.490 e. The van der Waals surface area contributed by atoms with Crippen LogP contribution in [0.25, 0.3) is 17.2 Å². The lowest BCUT2D eigenvalue weighted by Gasteiger charge is -2.18. The van der Waals surface area contributed by atoms with Crippen molar-refractivity contribution in [2.75, 3.05) is 6.61 Å². The number of ether oxygens (including phenoxy) is 3. The van der Waals surface area contributed by atoms with Gasteiger partial charge in [-0.2, -0.15) is 0 Å². The van der Waals surface area contributed by atoms with Gasteiger partial charge < -0.3 is 14.2 Å². The van der Waals surface area contributed by atoms with E-state index in [9.17, 15) is 4.79 Å². The highest BCUT2D eigenvalue weighted by Gasteiger charge is 2.25. The molecule has 174 valence electrons. The van der Waals surface area contributed by atoms with Gasteiger partial charge in [0, 0.05) is 5.56 Å². The summed E-state index contributed by atoms with van der Waals surface area (Å²) in [6.07, 6.45) is 2.68. The second kappa shape index (κ2) is 10.9. The Balaban J connectivity index is 1.61. The van der Waals surface area contributed by atoms with Gasteiger partial charge in [-0.1, -0.05) is 49.4 Å². The lowest BCUT2D eigenvalue weighted by molar-refractivity contribution is -0.129. The number of nitrogens with zero attached hydrogens (tertiary/aromatic N) is 1. The summed E-state index contributed by atoms with van der Waals surface area (Å²) in [4.78, 5) is 17.0. The Morgan fingerprint density at radius 1 is 1.00 bits per heavy atom. The second-order valence-corrected chi connectivity index (χ2v) is 9.04. The van der Waals surface area contributed by atoms with Gasteiger partial charge in [0.15, 0.2) is 17.2 Å². The highest BCUT2D eigenvalue weighted by Crippen LogP contribution is 2.36. The zero-order chi connectivity index (χ0) is 24.1. The number of carbonyl (C=O) groups excluding carboxylic acids is 1. The van der Waals surface area contributed by atoms with E-state index >= 15 is 0 Å². The Morgan fingerprint density at radius 2 is 1.68 bits per heavy atom. The van der Waals surface area contributed by atoms with Gasteiger partial charge >= 0.3 is 5.97 Å². The van der Waals surface area contributed by atoms with Gasteiger partial charge in [-0.3, -0.25) is 0 Å². The van der Waals surface area contributed by atoms with E-state index in [1.807, 2.05) is 68.4 Å². The van der Waals surface area contributed by atoms with Crippen LogP contribution < -0.4 is 9.47 Å². The number of benzene rings is 3. The summed E-state index contributed by atoms with van der Waals surface area (Å²) >= 11 is 2.23. The first-order valence-corrected chi connectivity index (χ1v) is 12.4. The number of hydrogen-bond donors (Lipinski definition) is 0. The molecule has 1 aliphatic rings. The van der Waals surface area contributed by atoms with Crippen LogP contribution in [0.1, 0.15) is 38.3 Å². The van der Waals surface area contributed by atoms with Crippen LogP contribution in [0.15, 0.2) is 77.4 Å². The van der Waals surface area contributed by atoms with Gasteiger partial charge in [0.1, 0.15) is 0 Å². The summed E-state index contributed by atoms with van der Waals surface area (Å²) < 4.78 is 18.3. The molecule has 1 heterocycles. The van der Waals surface area contributed by atoms with Crippen LogP contribution in [-0.2, 0) is 9.53 Å². The summed E-state index contributed by atoms with van der Waals surface area (Å²) in [5, 5.41) is 0. The fraction of sp³-hybridized carbons (Fsp3) is 0.214. The average molecular weight is 567 g/mol. The first-order chi connectivity index (χ1) is 16.5. The molecule has 1 aliphatic heterocycles. The van der Waals surface area contributed by atoms with Crippen molar-refractivity contribution in [1.29, 1.82) is 0 Å². The number of halogens is 1. The summed E-state index contributed by atoms with van der Waals surface area (Å²) in [5.41, 5.74) is 4.00. The molecule has 0 N–H and O–H groups in total. The molecule has 0 saturated heterocycles. The van der Waals surface area contributed by atoms with Crippen LogP contribution in [-0.4, -0.2) is 24.6 Å². The Labute approximate surface area is 213 Å². The molecule has 0 bridgehead atoms. The summed E-state index contributed by atoms with van der Waals surface area (Å²) in [6, 6.07) is 21.7. The fourth-order valence-electron chi connectivity index (χ4n) is 3.46. The maximum absolute atomic E-state index is 12.5. The Bertz CT molecular complexity index is 1230. The van der Waals surface area contributed by atoms with Crippen molar-refractivity contribution in [3.8, 4) is 22.6 Å². The molecule has 0 amide bonds. The van der Waals surface area contributed by atoms with Crippen molar-refractivity contribution in [2.45, 2.75) is 33.3 Å². The number of esters is 1. The quantitative estimate of drug-likeness (QED) is 0.169. The first-order valence-electron chi connectivity index (χ1n) is 11.3. The number of rotatable bonds is 8. The third-order valence-corrected chi connectivity index (χ3v) is 6.19. The normalized spacial score (nSPS) is 15.1. The molecule has 34 heavy (non-hydrogen) atoms. The highest BCUT2D eigenvalue weighted by molar-refractivity contribution is 14.1. The Kier molecular flexibility index (Phi) is 7.67. The minimum Gasteiger partial charge on any atom is -0.490 e. The third kappa shape index (κ3) is 5.50. The van der Waals surface area contributed by atoms with E-state index in [1.165, 1.54) is 0 Å². The van der Waals surface area contributed by atoms with Crippen molar-refractivity contribution in [1.82, 2.24) is 0 Å². The van der Waals surface area contributed by atoms with E-state index < -0.39 is 5.97 Å². The van der Waals surface area contributed by atoms with Gasteiger partial charge in [-0.25, -0.2) is 9.79 Å². The third-order valence-electron chi connectivity index (χ3n) is 5.39. The van der Waals surface area contributed by atoms with Gasteiger partial charge in [0.05, 0.1) is 16.3 Å². The molecule has 0 saturated carbocycles. The van der Waals surface area contributed by atoms with E-state index in [0.717, 1.165) is 38.0 Å². The predicted octanol–water partition coefficient (Wildman–Crippen LogP) is 6.88. The Morgan fingerprint density at radius 3 is 2.35 bits per heavy atom. The molecule has 1 unspecified atom stereocenters. The molecule has 4 rings (SSSR count). The molecule has 0 aromatic heterocycles. The van der Waals surface area contributed by atoms with Gasteiger partial charge in [0.2, 0.25) is 5.90 Å². The maximum atomic E-state index is 12.5. The standard InChI is InChI=1S/C28H26INO4/c1-4-18(3)33-26-23(29)15-19(17-25(26)32-5-2)16-24-28(31)34-27(30-24)22-13-11-21(12-14-22)20-9-7-6-8-10-20/h6-18H,4-5H2,1-3H3/b24-16-. The monoisotopic (exact) mass is 567 g/mol. The first kappa shape index (κ1) is 24.0. The Hall–Kier alpha value is -3.13. The van der Waals surface area contributed by atoms with Crippen molar-refractivity contribution >= 4 is 40.5 Å². The topological polar surface area (TPSA) is 57.1 Å². The smallest absolute Gasteiger partial charge is 0.363 e. The van der Waals surface area contributed by atoms with Crippen LogP contribution in [0.4, 0.5) is 0 Å². The minimum atomic E-state index is -0.477. The molecule has 0 aliphatic carbocycles. The summed E-state index contributed by atoms with van der Waals surface area (Å²) in [6.45, 7) is 6.54. The summed E-state index contributed by atoms with van der Waals surface area (Å²) in [7, 11) is 0. The average Bonchev–Trinajstić information content (AvgIpc) is 3.22. The number of cyclic esters (lactones) is 1. The van der Waals surface area contributed by atoms with E-state index in [4.69, 9.17) is 14.2 Å². The van der Waals surface area contributed by atoms with Crippen LogP contribution in [0.5, 0.6) is 11.5 Å². The number of hydrogen-bond acceptors (Lipinski definition) is 5. The molecule has 6 heteroatoms. The molecule has 3 aromatic carbocycles. The van der Waals surface area contributed by atoms with E-state index in [2.05, 4.69) is 46.6 Å². The van der Waals surface area contributed by atoms with Gasteiger partial charge in [-0.15, -0.1) is 0 Å². The van der Waals surface area contributed by atoms with E-state index in [-0.39, 0.29) is 11.8 Å². The zero-order valence-electron chi connectivity index (χ0n) is 19.4. The maximum Gasteiger partial charge on any atom is 0.363 e. The zero-order valence-corrected chi connectivity index (χ0v) is 21.5. The van der Waals surface area contributed by atoms with Crippen LogP contribution in [0.2, 0.25) is 0 Å². The van der Waals surface area contributed by atoms with Crippen molar-refractivity contribution < 1.29 is 19.0 Å². The van der Waals surface area contributed by atoms with Crippen LogP contribution in [0, 0.1) is 3.57 Å². The molecule has 0 fully saturated rings. The lowest BCUT2D eigenvalue weighted by atomic mass is 10.0. The molecule has 5 nitrogen and oxygen atoms in total. The fourth-order valence-corrected chi connectivity index (χ4v) is 4.21. The lowest BCUT2D eigenvalue weighted by Crippen LogP contribution is -2.12. The van der Waals surface area contributed by atoms with Gasteiger partial charge in [0.25, 0.3) is 0 Å². The second-order valence-electron chi connectivity index (χ2n) is 7.88. The van der Waals surface area contributed by atoms with Crippen molar-refractivity contribution in [3.63, 3.8) is 0 Å². The SMILES string of the molecule is CCOc1cc(/C=C2\N=C(c3ccc(-c4ccccc4)cc3)OC2=O)cc(I)c1OC(C)CC. The summed E-state index contributed by atoms with van der Waals surface area (Å²) in [5.74, 6) is 1.19. The van der Waals surface area contributed by atoms with Crippen LogP contribution >= 0.6 is 22.6 Å². The predicted molar refractivity (Wildman–Crippen MR) is 143 cm³/mol. The minimum absolute atomic E-state index is 0.0715. The molecule has 3 aromatic rings. The molecular formula is C28H26INO4. The molecule has 0 spiro atoms. The highest BCUT2D eigenvalue weighted by atomic mass is 127. The van der Waals surface area contributed by atoms with Crippen molar-refractivity contribution in [2.24, 2.45) is 4.99 Å².